The average Bonchev–Trinajstić information content (AvgIpc) is 2.38. The Hall–Kier alpha value is -1.86. The van der Waals surface area contributed by atoms with E-state index in [0.717, 1.165) is 12.1 Å². The third-order valence-electron chi connectivity index (χ3n) is 3.18. The second-order valence-corrected chi connectivity index (χ2v) is 5.07. The number of carboxylic acids is 1. The van der Waals surface area contributed by atoms with Crippen LogP contribution in [0.25, 0.3) is 0 Å². The standard InChI is InChI=1S/C15H20N2O2/c1-17(2)10-6-9-15(12-16,14(18)19)11-13-7-4-3-5-8-13/h3-5,7-8H,6,9-11H2,1-2H3,(H,18,19)/t15-/m1/s1. The van der Waals surface area contributed by atoms with Gasteiger partial charge >= 0.3 is 5.97 Å². The summed E-state index contributed by atoms with van der Waals surface area (Å²) in [6.45, 7) is 0.783. The van der Waals surface area contributed by atoms with Crippen molar-refractivity contribution in [2.75, 3.05) is 20.6 Å². The van der Waals surface area contributed by atoms with Crippen LogP contribution in [0.1, 0.15) is 18.4 Å². The van der Waals surface area contributed by atoms with E-state index in [1.165, 1.54) is 0 Å². The van der Waals surface area contributed by atoms with Crippen molar-refractivity contribution >= 4 is 5.97 Å². The van der Waals surface area contributed by atoms with E-state index in [0.29, 0.717) is 12.8 Å². The molecule has 4 nitrogen and oxygen atoms in total. The molecule has 0 unspecified atom stereocenters. The van der Waals surface area contributed by atoms with Gasteiger partial charge in [0.1, 0.15) is 0 Å². The fourth-order valence-electron chi connectivity index (χ4n) is 2.06. The van der Waals surface area contributed by atoms with Gasteiger partial charge in [-0.1, -0.05) is 30.3 Å². The molecule has 0 spiro atoms. The zero-order valence-electron chi connectivity index (χ0n) is 11.5. The lowest BCUT2D eigenvalue weighted by Gasteiger charge is -2.22. The number of carboxylic acid groups (broad SMARTS) is 1. The quantitative estimate of drug-likeness (QED) is 0.816. The lowest BCUT2D eigenvalue weighted by Crippen LogP contribution is -2.33. The van der Waals surface area contributed by atoms with Crippen molar-refractivity contribution in [3.63, 3.8) is 0 Å². The Morgan fingerprint density at radius 2 is 2.00 bits per heavy atom. The molecule has 0 aliphatic rings. The van der Waals surface area contributed by atoms with Crippen LogP contribution in [0.15, 0.2) is 30.3 Å². The molecule has 1 aromatic carbocycles. The zero-order valence-corrected chi connectivity index (χ0v) is 11.5. The van der Waals surface area contributed by atoms with E-state index in [1.807, 2.05) is 55.4 Å². The van der Waals surface area contributed by atoms with Gasteiger partial charge in [-0.25, -0.2) is 0 Å². The largest absolute Gasteiger partial charge is 0.480 e. The van der Waals surface area contributed by atoms with Crippen molar-refractivity contribution < 1.29 is 9.90 Å². The maximum Gasteiger partial charge on any atom is 0.324 e. The molecule has 19 heavy (non-hydrogen) atoms. The molecule has 0 aromatic heterocycles. The minimum atomic E-state index is -1.32. The molecule has 1 aromatic rings. The number of nitriles is 1. The lowest BCUT2D eigenvalue weighted by molar-refractivity contribution is -0.146. The van der Waals surface area contributed by atoms with Crippen LogP contribution in [-0.2, 0) is 11.2 Å². The van der Waals surface area contributed by atoms with E-state index < -0.39 is 11.4 Å². The van der Waals surface area contributed by atoms with Crippen LogP contribution >= 0.6 is 0 Å². The summed E-state index contributed by atoms with van der Waals surface area (Å²) in [6, 6.07) is 11.3. The first kappa shape index (κ1) is 15.2. The van der Waals surface area contributed by atoms with Crippen LogP contribution in [0.2, 0.25) is 0 Å². The van der Waals surface area contributed by atoms with Gasteiger partial charge in [0.25, 0.3) is 0 Å². The predicted molar refractivity (Wildman–Crippen MR) is 73.6 cm³/mol. The summed E-state index contributed by atoms with van der Waals surface area (Å²) in [7, 11) is 3.87. The maximum absolute atomic E-state index is 11.5. The highest BCUT2D eigenvalue weighted by atomic mass is 16.4. The van der Waals surface area contributed by atoms with Crippen LogP contribution in [0.3, 0.4) is 0 Å². The van der Waals surface area contributed by atoms with Crippen molar-refractivity contribution in [1.82, 2.24) is 4.90 Å². The average molecular weight is 260 g/mol. The number of benzene rings is 1. The summed E-state index contributed by atoms with van der Waals surface area (Å²) >= 11 is 0. The van der Waals surface area contributed by atoms with Crippen molar-refractivity contribution in [3.8, 4) is 6.07 Å². The highest BCUT2D eigenvalue weighted by Gasteiger charge is 2.38. The molecule has 4 heteroatoms. The molecule has 0 saturated carbocycles. The van der Waals surface area contributed by atoms with Crippen LogP contribution in [0.4, 0.5) is 0 Å². The summed E-state index contributed by atoms with van der Waals surface area (Å²) in [6.07, 6.45) is 1.32. The molecular formula is C15H20N2O2. The zero-order chi connectivity index (χ0) is 14.3. The molecule has 1 atom stereocenters. The molecular weight excluding hydrogens is 240 g/mol. The molecule has 0 aliphatic carbocycles. The summed E-state index contributed by atoms with van der Waals surface area (Å²) in [5, 5.41) is 18.7. The Labute approximate surface area is 114 Å². The van der Waals surface area contributed by atoms with Crippen molar-refractivity contribution in [3.05, 3.63) is 35.9 Å². The smallest absolute Gasteiger partial charge is 0.324 e. The maximum atomic E-state index is 11.5. The number of hydrogen-bond acceptors (Lipinski definition) is 3. The minimum absolute atomic E-state index is 0.257. The highest BCUT2D eigenvalue weighted by Crippen LogP contribution is 2.28. The van der Waals surface area contributed by atoms with Gasteiger partial charge in [0.2, 0.25) is 0 Å². The van der Waals surface area contributed by atoms with Gasteiger partial charge in [-0.2, -0.15) is 5.26 Å². The molecule has 0 bridgehead atoms. The van der Waals surface area contributed by atoms with Crippen molar-refractivity contribution in [2.45, 2.75) is 19.3 Å². The third-order valence-corrected chi connectivity index (χ3v) is 3.18. The second kappa shape index (κ2) is 6.91. The summed E-state index contributed by atoms with van der Waals surface area (Å²) in [4.78, 5) is 13.5. The second-order valence-electron chi connectivity index (χ2n) is 5.07. The van der Waals surface area contributed by atoms with Gasteiger partial charge in [0.15, 0.2) is 5.41 Å². The van der Waals surface area contributed by atoms with E-state index in [-0.39, 0.29) is 6.42 Å². The Morgan fingerprint density at radius 3 is 2.47 bits per heavy atom. The van der Waals surface area contributed by atoms with E-state index in [9.17, 15) is 15.2 Å². The van der Waals surface area contributed by atoms with Gasteiger partial charge in [-0.15, -0.1) is 0 Å². The Morgan fingerprint density at radius 1 is 1.37 bits per heavy atom. The van der Waals surface area contributed by atoms with E-state index in [1.54, 1.807) is 0 Å². The lowest BCUT2D eigenvalue weighted by atomic mass is 9.79. The summed E-state index contributed by atoms with van der Waals surface area (Å²) in [5.41, 5.74) is -0.437. The molecule has 0 heterocycles. The molecule has 0 amide bonds. The number of carbonyl (C=O) groups is 1. The molecule has 0 saturated heterocycles. The van der Waals surface area contributed by atoms with E-state index in [2.05, 4.69) is 0 Å². The van der Waals surface area contributed by atoms with Gasteiger partial charge in [-0.05, 0) is 39.0 Å². The predicted octanol–water partition coefficient (Wildman–Crippen LogP) is 2.17. The van der Waals surface area contributed by atoms with Crippen LogP contribution in [0.5, 0.6) is 0 Å². The number of nitrogens with zero attached hydrogens (tertiary/aromatic N) is 2. The molecule has 0 radical (unpaired) electrons. The fraction of sp³-hybridized carbons (Fsp3) is 0.467. The topological polar surface area (TPSA) is 64.3 Å². The molecule has 0 aliphatic heterocycles. The summed E-state index contributed by atoms with van der Waals surface area (Å²) < 4.78 is 0. The van der Waals surface area contributed by atoms with Crippen LogP contribution in [0, 0.1) is 16.7 Å². The molecule has 0 fully saturated rings. The molecule has 1 rings (SSSR count). The highest BCUT2D eigenvalue weighted by molar-refractivity contribution is 5.78. The minimum Gasteiger partial charge on any atom is -0.480 e. The number of aliphatic carboxylic acids is 1. The first-order valence-corrected chi connectivity index (χ1v) is 6.33. The summed E-state index contributed by atoms with van der Waals surface area (Å²) in [5.74, 6) is -1.03. The van der Waals surface area contributed by atoms with Gasteiger partial charge in [-0.3, -0.25) is 4.79 Å². The Balaban J connectivity index is 2.82. The third kappa shape index (κ3) is 4.38. The van der Waals surface area contributed by atoms with Gasteiger partial charge < -0.3 is 10.0 Å². The first-order chi connectivity index (χ1) is 9.00. The van der Waals surface area contributed by atoms with E-state index in [4.69, 9.17) is 0 Å². The van der Waals surface area contributed by atoms with Crippen molar-refractivity contribution in [2.24, 2.45) is 5.41 Å². The van der Waals surface area contributed by atoms with Gasteiger partial charge in [0.05, 0.1) is 6.07 Å². The monoisotopic (exact) mass is 260 g/mol. The normalized spacial score (nSPS) is 13.8. The van der Waals surface area contributed by atoms with Crippen LogP contribution in [-0.4, -0.2) is 36.6 Å². The van der Waals surface area contributed by atoms with Crippen molar-refractivity contribution in [1.29, 1.82) is 5.26 Å². The fourth-order valence-corrected chi connectivity index (χ4v) is 2.06. The molecule has 1 N–H and O–H groups in total. The molecule has 102 valence electrons. The Kier molecular flexibility index (Phi) is 5.53. The van der Waals surface area contributed by atoms with E-state index >= 15 is 0 Å². The number of rotatable bonds is 7. The SMILES string of the molecule is CN(C)CCC[C@](C#N)(Cc1ccccc1)C(=O)O. The van der Waals surface area contributed by atoms with Gasteiger partial charge in [0, 0.05) is 6.42 Å². The first-order valence-electron chi connectivity index (χ1n) is 6.33. The number of hydrogen-bond donors (Lipinski definition) is 1. The van der Waals surface area contributed by atoms with Crippen LogP contribution < -0.4 is 0 Å². The Bertz CT molecular complexity index is 451.